The maximum atomic E-state index is 10.7. The van der Waals surface area contributed by atoms with Crippen molar-refractivity contribution in [3.63, 3.8) is 0 Å². The molecule has 0 spiro atoms. The highest BCUT2D eigenvalue weighted by molar-refractivity contribution is 5.92. The maximum absolute atomic E-state index is 10.7. The predicted molar refractivity (Wildman–Crippen MR) is 110 cm³/mol. The minimum Gasteiger partial charge on any atom is -0.389 e. The highest BCUT2D eigenvalue weighted by atomic mass is 16.3. The van der Waals surface area contributed by atoms with Crippen LogP contribution in [-0.2, 0) is 6.54 Å². The van der Waals surface area contributed by atoms with E-state index in [0.29, 0.717) is 19.0 Å². The SMILES string of the molecule is Cc1ccc(NCC(O)Cn2c3c(c4ccccc42)C=CCC3C)cc1. The fraction of sp³-hybridized carbons (Fsp3) is 0.304. The van der Waals surface area contributed by atoms with Crippen molar-refractivity contribution in [3.05, 3.63) is 71.4 Å². The van der Waals surface area contributed by atoms with Gasteiger partial charge in [-0.1, -0.05) is 55.0 Å². The van der Waals surface area contributed by atoms with Crippen LogP contribution in [0.15, 0.2) is 54.6 Å². The first kappa shape index (κ1) is 16.9. The number of fused-ring (bicyclic) bond motifs is 3. The van der Waals surface area contributed by atoms with Crippen molar-refractivity contribution in [1.82, 2.24) is 4.57 Å². The highest BCUT2D eigenvalue weighted by Gasteiger charge is 2.23. The number of aliphatic hydroxyl groups is 1. The molecule has 1 aliphatic carbocycles. The second-order valence-corrected chi connectivity index (χ2v) is 7.37. The molecule has 0 radical (unpaired) electrons. The number of aliphatic hydroxyl groups excluding tert-OH is 1. The van der Waals surface area contributed by atoms with Gasteiger partial charge in [-0.25, -0.2) is 0 Å². The first-order chi connectivity index (χ1) is 12.6. The van der Waals surface area contributed by atoms with E-state index in [4.69, 9.17) is 0 Å². The van der Waals surface area contributed by atoms with Gasteiger partial charge in [-0.15, -0.1) is 0 Å². The van der Waals surface area contributed by atoms with Crippen LogP contribution in [0, 0.1) is 6.92 Å². The van der Waals surface area contributed by atoms with Crippen molar-refractivity contribution >= 4 is 22.7 Å². The molecule has 0 amide bonds. The summed E-state index contributed by atoms with van der Waals surface area (Å²) in [6.07, 6.45) is 5.11. The monoisotopic (exact) mass is 346 g/mol. The molecule has 26 heavy (non-hydrogen) atoms. The third-order valence-electron chi connectivity index (χ3n) is 5.28. The van der Waals surface area contributed by atoms with Crippen LogP contribution in [0.2, 0.25) is 0 Å². The Bertz CT molecular complexity index is 937. The zero-order valence-corrected chi connectivity index (χ0v) is 15.4. The molecule has 2 aromatic carbocycles. The van der Waals surface area contributed by atoms with Crippen LogP contribution in [0.3, 0.4) is 0 Å². The molecule has 1 aliphatic rings. The van der Waals surface area contributed by atoms with Gasteiger partial charge in [0.2, 0.25) is 0 Å². The lowest BCUT2D eigenvalue weighted by Gasteiger charge is -2.21. The first-order valence-corrected chi connectivity index (χ1v) is 9.39. The van der Waals surface area contributed by atoms with Crippen molar-refractivity contribution in [2.24, 2.45) is 0 Å². The van der Waals surface area contributed by atoms with Crippen molar-refractivity contribution in [2.75, 3.05) is 11.9 Å². The van der Waals surface area contributed by atoms with E-state index in [1.807, 2.05) is 0 Å². The number of hydrogen-bond donors (Lipinski definition) is 2. The van der Waals surface area contributed by atoms with Gasteiger partial charge in [0, 0.05) is 40.3 Å². The zero-order chi connectivity index (χ0) is 18.1. The number of allylic oxidation sites excluding steroid dienone is 1. The average molecular weight is 346 g/mol. The van der Waals surface area contributed by atoms with Crippen LogP contribution in [-0.4, -0.2) is 22.3 Å². The molecule has 3 aromatic rings. The van der Waals surface area contributed by atoms with Gasteiger partial charge < -0.3 is 15.0 Å². The summed E-state index contributed by atoms with van der Waals surface area (Å²) in [6.45, 7) is 5.49. The number of hydrogen-bond acceptors (Lipinski definition) is 2. The Balaban J connectivity index is 1.57. The van der Waals surface area contributed by atoms with Crippen molar-refractivity contribution in [2.45, 2.75) is 38.8 Å². The fourth-order valence-electron chi connectivity index (χ4n) is 3.94. The lowest BCUT2D eigenvalue weighted by atomic mass is 9.93. The molecule has 1 aromatic heterocycles. The Morgan fingerprint density at radius 3 is 2.73 bits per heavy atom. The number of rotatable bonds is 5. The fourth-order valence-corrected chi connectivity index (χ4v) is 3.94. The summed E-state index contributed by atoms with van der Waals surface area (Å²) in [5, 5.41) is 15.3. The van der Waals surface area contributed by atoms with Crippen LogP contribution >= 0.6 is 0 Å². The zero-order valence-electron chi connectivity index (χ0n) is 15.4. The summed E-state index contributed by atoms with van der Waals surface area (Å²) in [5.41, 5.74) is 6.17. The van der Waals surface area contributed by atoms with E-state index in [9.17, 15) is 5.11 Å². The second kappa shape index (κ2) is 7.00. The third-order valence-corrected chi connectivity index (χ3v) is 5.28. The quantitative estimate of drug-likeness (QED) is 0.686. The van der Waals surface area contributed by atoms with Crippen molar-refractivity contribution in [1.29, 1.82) is 0 Å². The smallest absolute Gasteiger partial charge is 0.0891 e. The van der Waals surface area contributed by atoms with Gasteiger partial charge in [0.1, 0.15) is 0 Å². The topological polar surface area (TPSA) is 37.2 Å². The molecule has 1 heterocycles. The normalized spacial score (nSPS) is 17.3. The van der Waals surface area contributed by atoms with E-state index in [2.05, 4.69) is 84.4 Å². The van der Waals surface area contributed by atoms with E-state index >= 15 is 0 Å². The first-order valence-electron chi connectivity index (χ1n) is 9.39. The summed E-state index contributed by atoms with van der Waals surface area (Å²) >= 11 is 0. The van der Waals surface area contributed by atoms with E-state index in [1.165, 1.54) is 27.7 Å². The van der Waals surface area contributed by atoms with E-state index in [0.717, 1.165) is 12.1 Å². The molecule has 3 heteroatoms. The Hall–Kier alpha value is -2.52. The van der Waals surface area contributed by atoms with Crippen LogP contribution in [0.5, 0.6) is 0 Å². The number of aryl methyl sites for hydroxylation is 1. The molecular formula is C23H26N2O. The molecule has 134 valence electrons. The van der Waals surface area contributed by atoms with Gasteiger partial charge >= 0.3 is 0 Å². The average Bonchev–Trinajstić information content (AvgIpc) is 2.97. The summed E-state index contributed by atoms with van der Waals surface area (Å²) in [6, 6.07) is 16.8. The van der Waals surface area contributed by atoms with Crippen LogP contribution in [0.25, 0.3) is 17.0 Å². The van der Waals surface area contributed by atoms with Crippen LogP contribution in [0.1, 0.15) is 36.1 Å². The summed E-state index contributed by atoms with van der Waals surface area (Å²) in [5.74, 6) is 0.472. The molecule has 4 rings (SSSR count). The van der Waals surface area contributed by atoms with Crippen LogP contribution < -0.4 is 5.32 Å². The Kier molecular flexibility index (Phi) is 4.56. The molecule has 0 bridgehead atoms. The molecule has 2 unspecified atom stereocenters. The molecule has 0 aliphatic heterocycles. The third kappa shape index (κ3) is 3.15. The van der Waals surface area contributed by atoms with Gasteiger partial charge in [-0.2, -0.15) is 0 Å². The maximum Gasteiger partial charge on any atom is 0.0891 e. The minimum absolute atomic E-state index is 0.450. The Morgan fingerprint density at radius 1 is 1.15 bits per heavy atom. The number of nitrogens with zero attached hydrogens (tertiary/aromatic N) is 1. The number of benzene rings is 2. The van der Waals surface area contributed by atoms with E-state index in [1.54, 1.807) is 0 Å². The van der Waals surface area contributed by atoms with Gasteiger partial charge in [0.15, 0.2) is 0 Å². The lowest BCUT2D eigenvalue weighted by molar-refractivity contribution is 0.166. The van der Waals surface area contributed by atoms with Crippen molar-refractivity contribution < 1.29 is 5.11 Å². The largest absolute Gasteiger partial charge is 0.389 e. The molecule has 0 saturated carbocycles. The van der Waals surface area contributed by atoms with Gasteiger partial charge in [0.05, 0.1) is 12.6 Å². The summed E-state index contributed by atoms with van der Waals surface area (Å²) in [7, 11) is 0. The van der Waals surface area contributed by atoms with Crippen LogP contribution in [0.4, 0.5) is 5.69 Å². The number of para-hydroxylation sites is 1. The Morgan fingerprint density at radius 2 is 1.92 bits per heavy atom. The second-order valence-electron chi connectivity index (χ2n) is 7.37. The van der Waals surface area contributed by atoms with Gasteiger partial charge in [-0.3, -0.25) is 0 Å². The molecule has 0 saturated heterocycles. The summed E-state index contributed by atoms with van der Waals surface area (Å²) < 4.78 is 2.32. The highest BCUT2D eigenvalue weighted by Crippen LogP contribution is 2.37. The van der Waals surface area contributed by atoms with E-state index in [-0.39, 0.29) is 0 Å². The number of aromatic nitrogens is 1. The number of anilines is 1. The minimum atomic E-state index is -0.450. The Labute approximate surface area is 155 Å². The molecule has 0 fully saturated rings. The molecule has 3 nitrogen and oxygen atoms in total. The van der Waals surface area contributed by atoms with Crippen molar-refractivity contribution in [3.8, 4) is 0 Å². The molecular weight excluding hydrogens is 320 g/mol. The van der Waals surface area contributed by atoms with Gasteiger partial charge in [0.25, 0.3) is 0 Å². The molecule has 2 atom stereocenters. The molecule has 2 N–H and O–H groups in total. The lowest BCUT2D eigenvalue weighted by Crippen LogP contribution is -2.26. The predicted octanol–water partition coefficient (Wildman–Crippen LogP) is 4.94. The number of nitrogens with one attached hydrogen (secondary N) is 1. The summed E-state index contributed by atoms with van der Waals surface area (Å²) in [4.78, 5) is 0. The van der Waals surface area contributed by atoms with Gasteiger partial charge in [-0.05, 0) is 31.5 Å². The standard InChI is InChI=1S/C23H26N2O/c1-16-10-12-18(13-11-16)24-14-19(26)15-25-22-9-4-3-7-20(22)21-8-5-6-17(2)23(21)25/h3-5,7-13,17,19,24,26H,6,14-15H2,1-2H3. The van der Waals surface area contributed by atoms with E-state index < -0.39 is 6.10 Å².